The first-order valence-corrected chi connectivity index (χ1v) is 9.81. The van der Waals surface area contributed by atoms with Crippen molar-refractivity contribution in [2.24, 2.45) is 0 Å². The maximum absolute atomic E-state index is 12.3. The lowest BCUT2D eigenvalue weighted by Gasteiger charge is -2.15. The Hall–Kier alpha value is -3.37. The third kappa shape index (κ3) is 4.55. The lowest BCUT2D eigenvalue weighted by atomic mass is 10.0. The zero-order valence-corrected chi connectivity index (χ0v) is 16.7. The second kappa shape index (κ2) is 9.22. The van der Waals surface area contributed by atoms with Crippen LogP contribution in [0.15, 0.2) is 64.2 Å². The molecule has 7 heteroatoms. The number of carbonyl (C=O) groups excluding carboxylic acids is 2. The minimum absolute atomic E-state index is 0.156. The van der Waals surface area contributed by atoms with Crippen LogP contribution in [-0.4, -0.2) is 28.6 Å². The minimum atomic E-state index is -1.11. The van der Waals surface area contributed by atoms with E-state index in [0.29, 0.717) is 17.0 Å². The second-order valence-corrected chi connectivity index (χ2v) is 7.14. The summed E-state index contributed by atoms with van der Waals surface area (Å²) in [5.41, 5.74) is 2.21. The molecule has 1 unspecified atom stereocenters. The van der Waals surface area contributed by atoms with Crippen molar-refractivity contribution >= 4 is 23.5 Å². The van der Waals surface area contributed by atoms with Crippen molar-refractivity contribution in [3.05, 3.63) is 60.4 Å². The lowest BCUT2D eigenvalue weighted by Crippen LogP contribution is -2.27. The summed E-state index contributed by atoms with van der Waals surface area (Å²) in [5.74, 6) is -0.525. The van der Waals surface area contributed by atoms with E-state index < -0.39 is 11.2 Å². The van der Waals surface area contributed by atoms with Crippen molar-refractivity contribution in [2.45, 2.75) is 24.1 Å². The van der Waals surface area contributed by atoms with Gasteiger partial charge >= 0.3 is 5.97 Å². The van der Waals surface area contributed by atoms with Gasteiger partial charge in [0.05, 0.1) is 24.1 Å². The molecule has 6 nitrogen and oxygen atoms in total. The fourth-order valence-corrected chi connectivity index (χ4v) is 3.70. The van der Waals surface area contributed by atoms with Crippen LogP contribution in [-0.2, 0) is 14.3 Å². The summed E-state index contributed by atoms with van der Waals surface area (Å²) in [6.07, 6.45) is 1.52. The predicted octanol–water partition coefficient (Wildman–Crippen LogP) is 4.49. The molecule has 2 heterocycles. The summed E-state index contributed by atoms with van der Waals surface area (Å²) in [6, 6.07) is 16.8. The van der Waals surface area contributed by atoms with Crippen molar-refractivity contribution < 1.29 is 18.7 Å². The van der Waals surface area contributed by atoms with Crippen LogP contribution in [0.1, 0.15) is 19.4 Å². The van der Waals surface area contributed by atoms with E-state index in [4.69, 9.17) is 9.15 Å². The standard InChI is InChI=1S/C22H18N2O4S/c1-3-27-22(26)20(14(2)25)29-21-17(13-23)16(19-10-7-11-28-19)12-18(24-21)15-8-5-4-6-9-15/h4-12,20H,3H2,1-2H3. The van der Waals surface area contributed by atoms with Crippen LogP contribution < -0.4 is 0 Å². The first kappa shape index (κ1) is 20.4. The van der Waals surface area contributed by atoms with Gasteiger partial charge in [-0.25, -0.2) is 4.98 Å². The first-order chi connectivity index (χ1) is 14.0. The van der Waals surface area contributed by atoms with Gasteiger partial charge in [-0.1, -0.05) is 42.1 Å². The van der Waals surface area contributed by atoms with Crippen LogP contribution in [0.4, 0.5) is 0 Å². The zero-order chi connectivity index (χ0) is 20.8. The van der Waals surface area contributed by atoms with Gasteiger partial charge < -0.3 is 9.15 Å². The van der Waals surface area contributed by atoms with Crippen LogP contribution in [0, 0.1) is 11.3 Å². The Bertz CT molecular complexity index is 1060. The number of nitriles is 1. The van der Waals surface area contributed by atoms with Crippen molar-refractivity contribution in [3.8, 4) is 28.7 Å². The van der Waals surface area contributed by atoms with Gasteiger partial charge in [-0.05, 0) is 32.0 Å². The highest BCUT2D eigenvalue weighted by atomic mass is 32.2. The molecule has 0 saturated carbocycles. The van der Waals surface area contributed by atoms with Crippen LogP contribution in [0.3, 0.4) is 0 Å². The average molecular weight is 406 g/mol. The molecule has 0 fully saturated rings. The molecule has 0 N–H and O–H groups in total. The number of Topliss-reactive ketones (excluding diaryl/α,β-unsaturated/α-hetero) is 1. The number of aromatic nitrogens is 1. The second-order valence-electron chi connectivity index (χ2n) is 6.05. The van der Waals surface area contributed by atoms with E-state index in [9.17, 15) is 14.9 Å². The van der Waals surface area contributed by atoms with E-state index in [0.717, 1.165) is 17.3 Å². The number of hydrogen-bond donors (Lipinski definition) is 0. The van der Waals surface area contributed by atoms with Crippen molar-refractivity contribution in [1.29, 1.82) is 5.26 Å². The van der Waals surface area contributed by atoms with Crippen molar-refractivity contribution in [2.75, 3.05) is 6.61 Å². The van der Waals surface area contributed by atoms with E-state index >= 15 is 0 Å². The summed E-state index contributed by atoms with van der Waals surface area (Å²) in [4.78, 5) is 28.9. The van der Waals surface area contributed by atoms with Crippen LogP contribution in [0.2, 0.25) is 0 Å². The van der Waals surface area contributed by atoms with E-state index in [-0.39, 0.29) is 23.0 Å². The monoisotopic (exact) mass is 406 g/mol. The van der Waals surface area contributed by atoms with Gasteiger partial charge in [-0.3, -0.25) is 9.59 Å². The Morgan fingerprint density at radius 3 is 2.59 bits per heavy atom. The molecule has 0 amide bonds. The number of benzene rings is 1. The van der Waals surface area contributed by atoms with Gasteiger partial charge in [-0.15, -0.1) is 0 Å². The van der Waals surface area contributed by atoms with Gasteiger partial charge in [-0.2, -0.15) is 5.26 Å². The van der Waals surface area contributed by atoms with Gasteiger partial charge in [0.25, 0.3) is 0 Å². The normalized spacial score (nSPS) is 11.5. The molecule has 29 heavy (non-hydrogen) atoms. The highest BCUT2D eigenvalue weighted by Crippen LogP contribution is 2.36. The molecule has 0 aliphatic rings. The number of furan rings is 1. The number of pyridine rings is 1. The molecular weight excluding hydrogens is 388 g/mol. The number of carbonyl (C=O) groups is 2. The fraction of sp³-hybridized carbons (Fsp3) is 0.182. The quantitative estimate of drug-likeness (QED) is 0.324. The maximum Gasteiger partial charge on any atom is 0.327 e. The summed E-state index contributed by atoms with van der Waals surface area (Å²) in [7, 11) is 0. The zero-order valence-electron chi connectivity index (χ0n) is 15.9. The fourth-order valence-electron chi connectivity index (χ4n) is 2.72. The number of nitrogens with zero attached hydrogens (tertiary/aromatic N) is 2. The number of rotatable bonds is 7. The van der Waals surface area contributed by atoms with E-state index in [1.54, 1.807) is 25.1 Å². The van der Waals surface area contributed by atoms with Gasteiger partial charge in [0.15, 0.2) is 11.0 Å². The predicted molar refractivity (Wildman–Crippen MR) is 109 cm³/mol. The Kier molecular flexibility index (Phi) is 6.47. The molecule has 146 valence electrons. The first-order valence-electron chi connectivity index (χ1n) is 8.93. The smallest absolute Gasteiger partial charge is 0.327 e. The van der Waals surface area contributed by atoms with Crippen molar-refractivity contribution in [1.82, 2.24) is 4.98 Å². The molecule has 2 aromatic heterocycles. The molecule has 0 saturated heterocycles. The van der Waals surface area contributed by atoms with Crippen LogP contribution in [0.5, 0.6) is 0 Å². The number of hydrogen-bond acceptors (Lipinski definition) is 7. The molecule has 3 aromatic rings. The Labute approximate surface area is 172 Å². The van der Waals surface area contributed by atoms with Gasteiger partial charge in [0, 0.05) is 11.1 Å². The minimum Gasteiger partial charge on any atom is -0.465 e. The van der Waals surface area contributed by atoms with Crippen LogP contribution >= 0.6 is 11.8 Å². The summed E-state index contributed by atoms with van der Waals surface area (Å²) >= 11 is 0.917. The largest absolute Gasteiger partial charge is 0.465 e. The number of esters is 1. The Morgan fingerprint density at radius 2 is 2.00 bits per heavy atom. The third-order valence-corrected chi connectivity index (χ3v) is 5.33. The Balaban J connectivity index is 2.16. The Morgan fingerprint density at radius 1 is 1.24 bits per heavy atom. The maximum atomic E-state index is 12.3. The third-order valence-electron chi connectivity index (χ3n) is 4.05. The summed E-state index contributed by atoms with van der Waals surface area (Å²) in [5, 5.41) is 8.97. The molecule has 0 aliphatic carbocycles. The van der Waals surface area contributed by atoms with E-state index in [2.05, 4.69) is 11.1 Å². The van der Waals surface area contributed by atoms with Gasteiger partial charge in [0.2, 0.25) is 0 Å². The molecule has 3 rings (SSSR count). The number of thioether (sulfide) groups is 1. The SMILES string of the molecule is CCOC(=O)C(Sc1nc(-c2ccccc2)cc(-c2ccco2)c1C#N)C(C)=O. The molecule has 0 spiro atoms. The average Bonchev–Trinajstić information content (AvgIpc) is 3.26. The number of ether oxygens (including phenoxy) is 1. The molecular formula is C22H18N2O4S. The highest BCUT2D eigenvalue weighted by molar-refractivity contribution is 8.01. The topological polar surface area (TPSA) is 93.2 Å². The summed E-state index contributed by atoms with van der Waals surface area (Å²) < 4.78 is 10.5. The van der Waals surface area contributed by atoms with E-state index in [1.165, 1.54) is 13.2 Å². The molecule has 0 aliphatic heterocycles. The molecule has 0 bridgehead atoms. The van der Waals surface area contributed by atoms with Crippen molar-refractivity contribution in [3.63, 3.8) is 0 Å². The molecule has 1 atom stereocenters. The van der Waals surface area contributed by atoms with E-state index in [1.807, 2.05) is 30.3 Å². The highest BCUT2D eigenvalue weighted by Gasteiger charge is 2.29. The lowest BCUT2D eigenvalue weighted by molar-refractivity contribution is -0.144. The van der Waals surface area contributed by atoms with Gasteiger partial charge in [0.1, 0.15) is 16.9 Å². The van der Waals surface area contributed by atoms with Crippen LogP contribution in [0.25, 0.3) is 22.6 Å². The number of ketones is 1. The summed E-state index contributed by atoms with van der Waals surface area (Å²) in [6.45, 7) is 3.14. The molecule has 1 aromatic carbocycles. The molecule has 0 radical (unpaired) electrons.